The SMILES string of the molecule is COCCNC(=O)CC(NC(=O)OC(C)(C)C)c1ccccc1C(F)(F)F. The molecule has 1 unspecified atom stereocenters. The number of nitrogens with one attached hydrogen (secondary N) is 2. The van der Waals surface area contributed by atoms with Gasteiger partial charge in [-0.25, -0.2) is 4.79 Å². The molecular formula is C18H25F3N2O4. The molecule has 0 aromatic heterocycles. The lowest BCUT2D eigenvalue weighted by molar-refractivity contribution is -0.138. The second-order valence-corrected chi connectivity index (χ2v) is 6.83. The minimum Gasteiger partial charge on any atom is -0.444 e. The predicted octanol–water partition coefficient (Wildman–Crippen LogP) is 3.42. The molecule has 0 saturated heterocycles. The molecule has 152 valence electrons. The molecule has 9 heteroatoms. The Labute approximate surface area is 156 Å². The summed E-state index contributed by atoms with van der Waals surface area (Å²) in [6.45, 7) is 5.35. The van der Waals surface area contributed by atoms with Crippen LogP contribution in [-0.4, -0.2) is 37.9 Å². The molecule has 0 spiro atoms. The number of amides is 2. The molecule has 0 aliphatic rings. The molecule has 0 heterocycles. The Balaban J connectivity index is 3.08. The number of hydrogen-bond donors (Lipinski definition) is 2. The molecule has 1 aromatic carbocycles. The second-order valence-electron chi connectivity index (χ2n) is 6.83. The maximum atomic E-state index is 13.3. The van der Waals surface area contributed by atoms with Crippen molar-refractivity contribution in [2.24, 2.45) is 0 Å². The van der Waals surface area contributed by atoms with Crippen LogP contribution in [0.3, 0.4) is 0 Å². The molecule has 27 heavy (non-hydrogen) atoms. The first-order valence-corrected chi connectivity index (χ1v) is 8.35. The van der Waals surface area contributed by atoms with E-state index in [0.29, 0.717) is 0 Å². The van der Waals surface area contributed by atoms with Gasteiger partial charge in [-0.1, -0.05) is 18.2 Å². The summed E-state index contributed by atoms with van der Waals surface area (Å²) in [4.78, 5) is 24.2. The first-order valence-electron chi connectivity index (χ1n) is 8.35. The summed E-state index contributed by atoms with van der Waals surface area (Å²) in [7, 11) is 1.46. The summed E-state index contributed by atoms with van der Waals surface area (Å²) in [5, 5.41) is 4.90. The van der Waals surface area contributed by atoms with Gasteiger partial charge in [-0.2, -0.15) is 13.2 Å². The van der Waals surface area contributed by atoms with Gasteiger partial charge in [-0.15, -0.1) is 0 Å². The number of carbonyl (C=O) groups is 2. The van der Waals surface area contributed by atoms with Gasteiger partial charge >= 0.3 is 12.3 Å². The van der Waals surface area contributed by atoms with E-state index in [1.165, 1.54) is 25.3 Å². The third kappa shape index (κ3) is 8.29. The average molecular weight is 390 g/mol. The van der Waals surface area contributed by atoms with E-state index in [2.05, 4.69) is 10.6 Å². The monoisotopic (exact) mass is 390 g/mol. The Morgan fingerprint density at radius 1 is 1.15 bits per heavy atom. The largest absolute Gasteiger partial charge is 0.444 e. The Morgan fingerprint density at radius 3 is 2.33 bits per heavy atom. The van der Waals surface area contributed by atoms with Gasteiger partial charge in [-0.3, -0.25) is 4.79 Å². The van der Waals surface area contributed by atoms with E-state index in [1.807, 2.05) is 0 Å². The lowest BCUT2D eigenvalue weighted by atomic mass is 9.97. The summed E-state index contributed by atoms with van der Waals surface area (Å²) in [6.07, 6.45) is -5.92. The minimum absolute atomic E-state index is 0.204. The number of alkyl halides is 3. The van der Waals surface area contributed by atoms with Crippen LogP contribution in [-0.2, 0) is 20.4 Å². The van der Waals surface area contributed by atoms with Gasteiger partial charge in [-0.05, 0) is 32.4 Å². The van der Waals surface area contributed by atoms with Crippen LogP contribution in [0.15, 0.2) is 24.3 Å². The Bertz CT molecular complexity index is 642. The van der Waals surface area contributed by atoms with Gasteiger partial charge in [0.25, 0.3) is 0 Å². The topological polar surface area (TPSA) is 76.7 Å². The fourth-order valence-corrected chi connectivity index (χ4v) is 2.30. The number of methoxy groups -OCH3 is 1. The molecule has 0 aliphatic heterocycles. The van der Waals surface area contributed by atoms with Crippen molar-refractivity contribution in [2.75, 3.05) is 20.3 Å². The molecular weight excluding hydrogens is 365 g/mol. The molecule has 2 N–H and O–H groups in total. The first-order chi connectivity index (χ1) is 12.4. The highest BCUT2D eigenvalue weighted by molar-refractivity contribution is 5.78. The van der Waals surface area contributed by atoms with Crippen LogP contribution in [0.4, 0.5) is 18.0 Å². The third-order valence-corrected chi connectivity index (χ3v) is 3.35. The van der Waals surface area contributed by atoms with Crippen molar-refractivity contribution in [1.82, 2.24) is 10.6 Å². The van der Waals surface area contributed by atoms with E-state index in [-0.39, 0.29) is 25.1 Å². The van der Waals surface area contributed by atoms with Gasteiger partial charge in [0.2, 0.25) is 5.91 Å². The summed E-state index contributed by atoms with van der Waals surface area (Å²) in [6, 6.07) is 3.59. The standard InChI is InChI=1S/C18H25F3N2O4/c1-17(2,3)27-16(25)23-14(11-15(24)22-9-10-26-4)12-7-5-6-8-13(12)18(19,20)21/h5-8,14H,9-11H2,1-4H3,(H,22,24)(H,23,25). The number of benzene rings is 1. The zero-order valence-electron chi connectivity index (χ0n) is 15.8. The van der Waals surface area contributed by atoms with E-state index in [0.717, 1.165) is 6.07 Å². The van der Waals surface area contributed by atoms with Crippen molar-refractivity contribution in [3.63, 3.8) is 0 Å². The van der Waals surface area contributed by atoms with E-state index in [1.54, 1.807) is 20.8 Å². The fourth-order valence-electron chi connectivity index (χ4n) is 2.30. The maximum Gasteiger partial charge on any atom is 0.416 e. The highest BCUT2D eigenvalue weighted by Crippen LogP contribution is 2.35. The minimum atomic E-state index is -4.63. The number of ether oxygens (including phenoxy) is 2. The maximum absolute atomic E-state index is 13.3. The quantitative estimate of drug-likeness (QED) is 0.700. The molecule has 2 amide bonds. The molecule has 0 saturated carbocycles. The number of rotatable bonds is 7. The normalized spacial score (nSPS) is 13.0. The molecule has 1 rings (SSSR count). The van der Waals surface area contributed by atoms with E-state index in [9.17, 15) is 22.8 Å². The lowest BCUT2D eigenvalue weighted by Crippen LogP contribution is -2.38. The predicted molar refractivity (Wildman–Crippen MR) is 93.1 cm³/mol. The van der Waals surface area contributed by atoms with Gasteiger partial charge in [0, 0.05) is 13.7 Å². The van der Waals surface area contributed by atoms with Gasteiger partial charge in [0.05, 0.1) is 24.6 Å². The molecule has 0 radical (unpaired) electrons. The van der Waals surface area contributed by atoms with Crippen LogP contribution >= 0.6 is 0 Å². The second kappa shape index (κ2) is 9.59. The van der Waals surface area contributed by atoms with Crippen LogP contribution in [0.1, 0.15) is 44.4 Å². The lowest BCUT2D eigenvalue weighted by Gasteiger charge is -2.25. The van der Waals surface area contributed by atoms with Crippen molar-refractivity contribution in [1.29, 1.82) is 0 Å². The summed E-state index contributed by atoms with van der Waals surface area (Å²) in [5.74, 6) is -0.523. The van der Waals surface area contributed by atoms with Gasteiger partial charge < -0.3 is 20.1 Å². The van der Waals surface area contributed by atoms with E-state index in [4.69, 9.17) is 9.47 Å². The van der Waals surface area contributed by atoms with Crippen molar-refractivity contribution in [3.8, 4) is 0 Å². The van der Waals surface area contributed by atoms with E-state index < -0.39 is 35.4 Å². The Hall–Kier alpha value is -2.29. The molecule has 1 aromatic rings. The smallest absolute Gasteiger partial charge is 0.416 e. The zero-order chi connectivity index (χ0) is 20.7. The zero-order valence-corrected chi connectivity index (χ0v) is 15.8. The third-order valence-electron chi connectivity index (χ3n) is 3.35. The molecule has 0 fully saturated rings. The number of hydrogen-bond acceptors (Lipinski definition) is 4. The number of halogens is 3. The van der Waals surface area contributed by atoms with E-state index >= 15 is 0 Å². The summed E-state index contributed by atoms with van der Waals surface area (Å²) in [5.41, 5.74) is -1.97. The fraction of sp³-hybridized carbons (Fsp3) is 0.556. The van der Waals surface area contributed by atoms with Crippen molar-refractivity contribution < 1.29 is 32.2 Å². The van der Waals surface area contributed by atoms with Crippen LogP contribution < -0.4 is 10.6 Å². The average Bonchev–Trinajstić information content (AvgIpc) is 2.52. The number of carbonyl (C=O) groups excluding carboxylic acids is 2. The van der Waals surface area contributed by atoms with Crippen LogP contribution in [0.25, 0.3) is 0 Å². The van der Waals surface area contributed by atoms with Crippen molar-refractivity contribution >= 4 is 12.0 Å². The highest BCUT2D eigenvalue weighted by Gasteiger charge is 2.36. The number of alkyl carbamates (subject to hydrolysis) is 1. The molecule has 0 bridgehead atoms. The van der Waals surface area contributed by atoms with Crippen LogP contribution in [0, 0.1) is 0 Å². The van der Waals surface area contributed by atoms with Crippen LogP contribution in [0.5, 0.6) is 0 Å². The first kappa shape index (κ1) is 22.8. The van der Waals surface area contributed by atoms with Gasteiger partial charge in [0.1, 0.15) is 5.60 Å². The molecule has 1 atom stereocenters. The summed E-state index contributed by atoms with van der Waals surface area (Å²) < 4.78 is 50.0. The Kier molecular flexibility index (Phi) is 8.08. The van der Waals surface area contributed by atoms with Crippen molar-refractivity contribution in [2.45, 2.75) is 45.0 Å². The Morgan fingerprint density at radius 2 is 1.78 bits per heavy atom. The molecule has 6 nitrogen and oxygen atoms in total. The highest BCUT2D eigenvalue weighted by atomic mass is 19.4. The van der Waals surface area contributed by atoms with Crippen molar-refractivity contribution in [3.05, 3.63) is 35.4 Å². The molecule has 0 aliphatic carbocycles. The summed E-state index contributed by atoms with van der Waals surface area (Å²) >= 11 is 0. The van der Waals surface area contributed by atoms with Gasteiger partial charge in [0.15, 0.2) is 0 Å². The van der Waals surface area contributed by atoms with Crippen LogP contribution in [0.2, 0.25) is 0 Å².